The molecule has 2 rings (SSSR count). The van der Waals surface area contributed by atoms with Gasteiger partial charge < -0.3 is 4.98 Å². The van der Waals surface area contributed by atoms with Crippen LogP contribution in [0.1, 0.15) is 23.8 Å². The maximum absolute atomic E-state index is 11.9. The maximum Gasteiger partial charge on any atom is 0.192 e. The van der Waals surface area contributed by atoms with E-state index in [0.717, 1.165) is 24.5 Å². The smallest absolute Gasteiger partial charge is 0.192 e. The van der Waals surface area contributed by atoms with Gasteiger partial charge in [-0.05, 0) is 18.6 Å². The molecule has 1 N–H and O–H groups in total. The number of nitrogens with zero attached hydrogens (tertiary/aromatic N) is 1. The van der Waals surface area contributed by atoms with Crippen LogP contribution in [0.4, 0.5) is 0 Å². The Labute approximate surface area is 101 Å². The lowest BCUT2D eigenvalue weighted by Gasteiger charge is -2.31. The third-order valence-corrected chi connectivity index (χ3v) is 4.32. The average molecular weight is 238 g/mol. The van der Waals surface area contributed by atoms with Crippen LogP contribution in [0.2, 0.25) is 0 Å². The zero-order valence-electron chi connectivity index (χ0n) is 9.61. The Hall–Kier alpha value is -0.740. The summed E-state index contributed by atoms with van der Waals surface area (Å²) in [4.78, 5) is 17.1. The highest BCUT2D eigenvalue weighted by Crippen LogP contribution is 2.20. The molecule has 1 aromatic heterocycles. The van der Waals surface area contributed by atoms with Crippen molar-refractivity contribution in [1.29, 1.82) is 0 Å². The van der Waals surface area contributed by atoms with Crippen molar-refractivity contribution in [2.75, 3.05) is 25.4 Å². The molecule has 0 radical (unpaired) electrons. The first-order valence-corrected chi connectivity index (χ1v) is 6.85. The summed E-state index contributed by atoms with van der Waals surface area (Å²) in [6.45, 7) is 4.85. The van der Waals surface area contributed by atoms with E-state index in [9.17, 15) is 4.79 Å². The summed E-state index contributed by atoms with van der Waals surface area (Å²) in [5.41, 5.74) is 0.728. The Morgan fingerprint density at radius 3 is 3.25 bits per heavy atom. The average Bonchev–Trinajstić information content (AvgIpc) is 2.83. The van der Waals surface area contributed by atoms with Crippen LogP contribution in [0.15, 0.2) is 18.3 Å². The van der Waals surface area contributed by atoms with Crippen LogP contribution in [0.25, 0.3) is 0 Å². The monoisotopic (exact) mass is 238 g/mol. The molecule has 0 aliphatic carbocycles. The number of ketones is 1. The molecule has 1 saturated heterocycles. The number of carbonyl (C=O) groups is 1. The van der Waals surface area contributed by atoms with Crippen molar-refractivity contribution in [3.63, 3.8) is 0 Å². The minimum absolute atomic E-state index is 0.201. The summed E-state index contributed by atoms with van der Waals surface area (Å²) in [6, 6.07) is 3.71. The van der Waals surface area contributed by atoms with Crippen molar-refractivity contribution in [3.05, 3.63) is 24.0 Å². The molecule has 0 spiro atoms. The van der Waals surface area contributed by atoms with E-state index in [0.29, 0.717) is 11.8 Å². The first-order valence-electron chi connectivity index (χ1n) is 5.80. The summed E-state index contributed by atoms with van der Waals surface area (Å²) in [7, 11) is 0. The van der Waals surface area contributed by atoms with Crippen molar-refractivity contribution in [2.45, 2.75) is 18.6 Å². The van der Waals surface area contributed by atoms with Crippen LogP contribution in [-0.2, 0) is 0 Å². The van der Waals surface area contributed by atoms with E-state index in [2.05, 4.69) is 16.8 Å². The number of nitrogens with one attached hydrogen (secondary N) is 1. The highest BCUT2D eigenvalue weighted by molar-refractivity contribution is 8.00. The van der Waals surface area contributed by atoms with E-state index >= 15 is 0 Å². The highest BCUT2D eigenvalue weighted by Gasteiger charge is 2.21. The number of thioether (sulfide) groups is 1. The maximum atomic E-state index is 11.9. The Bertz CT molecular complexity index is 337. The third kappa shape index (κ3) is 2.89. The lowest BCUT2D eigenvalue weighted by molar-refractivity contribution is 0.0928. The quantitative estimate of drug-likeness (QED) is 0.815. The molecule has 1 aliphatic heterocycles. The van der Waals surface area contributed by atoms with E-state index in [-0.39, 0.29) is 5.78 Å². The lowest BCUT2D eigenvalue weighted by atomic mass is 10.2. The van der Waals surface area contributed by atoms with Gasteiger partial charge in [0.05, 0.1) is 12.2 Å². The van der Waals surface area contributed by atoms with Gasteiger partial charge in [0.1, 0.15) is 0 Å². The summed E-state index contributed by atoms with van der Waals surface area (Å²) in [6.07, 6.45) is 2.99. The molecule has 3 nitrogen and oxygen atoms in total. The van der Waals surface area contributed by atoms with Crippen LogP contribution < -0.4 is 0 Å². The Balaban J connectivity index is 1.87. The van der Waals surface area contributed by atoms with Gasteiger partial charge in [0.15, 0.2) is 5.78 Å². The van der Waals surface area contributed by atoms with Gasteiger partial charge >= 0.3 is 0 Å². The highest BCUT2D eigenvalue weighted by atomic mass is 32.2. The number of aromatic nitrogens is 1. The second kappa shape index (κ2) is 5.55. The largest absolute Gasteiger partial charge is 0.359 e. The van der Waals surface area contributed by atoms with E-state index in [1.165, 1.54) is 6.42 Å². The minimum atomic E-state index is 0.201. The third-order valence-electron chi connectivity index (χ3n) is 2.94. The predicted molar refractivity (Wildman–Crippen MR) is 68.1 cm³/mol. The van der Waals surface area contributed by atoms with Crippen LogP contribution >= 0.6 is 11.8 Å². The molecule has 0 amide bonds. The topological polar surface area (TPSA) is 36.1 Å². The Morgan fingerprint density at radius 1 is 1.69 bits per heavy atom. The molecule has 88 valence electrons. The Morgan fingerprint density at radius 2 is 2.56 bits per heavy atom. The fourth-order valence-electron chi connectivity index (χ4n) is 1.96. The summed E-state index contributed by atoms with van der Waals surface area (Å²) in [5, 5.41) is 0.699. The van der Waals surface area contributed by atoms with Gasteiger partial charge in [-0.3, -0.25) is 9.69 Å². The van der Waals surface area contributed by atoms with Crippen LogP contribution in [0.5, 0.6) is 0 Å². The van der Waals surface area contributed by atoms with Gasteiger partial charge in [-0.25, -0.2) is 0 Å². The normalized spacial score (nSPS) is 22.2. The second-order valence-corrected chi connectivity index (χ2v) is 5.55. The summed E-state index contributed by atoms with van der Waals surface area (Å²) in [5.74, 6) is 1.35. The van der Waals surface area contributed by atoms with Gasteiger partial charge in [-0.1, -0.05) is 6.92 Å². The van der Waals surface area contributed by atoms with Crippen LogP contribution in [0, 0.1) is 0 Å². The zero-order valence-corrected chi connectivity index (χ0v) is 10.4. The van der Waals surface area contributed by atoms with Gasteiger partial charge in [-0.15, -0.1) is 0 Å². The summed E-state index contributed by atoms with van der Waals surface area (Å²) < 4.78 is 0. The zero-order chi connectivity index (χ0) is 11.4. The molecule has 16 heavy (non-hydrogen) atoms. The molecule has 1 atom stereocenters. The van der Waals surface area contributed by atoms with E-state index in [1.807, 2.05) is 23.9 Å². The van der Waals surface area contributed by atoms with Gasteiger partial charge in [0, 0.05) is 30.3 Å². The molecule has 1 aliphatic rings. The first-order chi connectivity index (χ1) is 7.79. The lowest BCUT2D eigenvalue weighted by Crippen LogP contribution is -2.40. The van der Waals surface area contributed by atoms with Gasteiger partial charge in [0.25, 0.3) is 0 Å². The number of hydrogen-bond acceptors (Lipinski definition) is 3. The van der Waals surface area contributed by atoms with Crippen LogP contribution in [0.3, 0.4) is 0 Å². The van der Waals surface area contributed by atoms with Crippen molar-refractivity contribution in [2.24, 2.45) is 0 Å². The molecule has 0 saturated carbocycles. The summed E-state index contributed by atoms with van der Waals surface area (Å²) >= 11 is 2.03. The predicted octanol–water partition coefficient (Wildman–Crippen LogP) is 2.02. The molecule has 0 bridgehead atoms. The van der Waals surface area contributed by atoms with E-state index in [4.69, 9.17) is 0 Å². The van der Waals surface area contributed by atoms with E-state index < -0.39 is 0 Å². The van der Waals surface area contributed by atoms with Crippen molar-refractivity contribution < 1.29 is 4.79 Å². The minimum Gasteiger partial charge on any atom is -0.359 e. The number of H-pyrrole nitrogens is 1. The van der Waals surface area contributed by atoms with Crippen LogP contribution in [-0.4, -0.2) is 46.3 Å². The molecule has 1 unspecified atom stereocenters. The van der Waals surface area contributed by atoms with Crippen molar-refractivity contribution in [3.8, 4) is 0 Å². The fraction of sp³-hybridized carbons (Fsp3) is 0.583. The van der Waals surface area contributed by atoms with Crippen molar-refractivity contribution in [1.82, 2.24) is 9.88 Å². The molecular weight excluding hydrogens is 220 g/mol. The first kappa shape index (κ1) is 11.7. The number of rotatable bonds is 4. The number of aromatic amines is 1. The number of Topliss-reactive ketones (excluding diaryl/α,β-unsaturated/α-hetero) is 1. The van der Waals surface area contributed by atoms with Gasteiger partial charge in [-0.2, -0.15) is 11.8 Å². The second-order valence-electron chi connectivity index (χ2n) is 4.14. The van der Waals surface area contributed by atoms with Gasteiger partial charge in [0.2, 0.25) is 0 Å². The van der Waals surface area contributed by atoms with Crippen molar-refractivity contribution >= 4 is 17.5 Å². The molecule has 0 aromatic carbocycles. The standard InChI is InChI=1S/C12H18N2OS/c1-2-10-8-14(6-7-16-10)9-12(15)11-4-3-5-13-11/h3-5,10,13H,2,6-9H2,1H3. The molecule has 4 heteroatoms. The SMILES string of the molecule is CCC1CN(CC(=O)c2ccc[nH]2)CCS1. The van der Waals surface area contributed by atoms with E-state index in [1.54, 1.807) is 6.20 Å². The molecule has 2 heterocycles. The number of hydrogen-bond donors (Lipinski definition) is 1. The Kier molecular flexibility index (Phi) is 4.07. The molecule has 1 aromatic rings. The fourth-order valence-corrected chi connectivity index (χ4v) is 3.21. The number of carbonyl (C=O) groups excluding carboxylic acids is 1. The molecule has 1 fully saturated rings. The molecular formula is C12H18N2OS.